The number of fused-ring (bicyclic) bond motifs is 1. The molecule has 1 unspecified atom stereocenters. The molecule has 0 radical (unpaired) electrons. The van der Waals surface area contributed by atoms with E-state index in [1.54, 1.807) is 0 Å². The normalized spacial score (nSPS) is 42.4. The highest BCUT2D eigenvalue weighted by Crippen LogP contribution is 2.31. The van der Waals surface area contributed by atoms with Crippen molar-refractivity contribution >= 4 is 0 Å². The van der Waals surface area contributed by atoms with E-state index >= 15 is 0 Å². The number of hydrogen-bond acceptors (Lipinski definition) is 3. The number of hydrogen-bond donors (Lipinski definition) is 1. The standard InChI is InChI=1S/C12H22O3/c1-8(2)9-4-3-5-10-11(14-9)6-7-12(13)15-10/h8-13H,3-7H2,1-2H3/t9-,10-,11+,12?/m1/s1. The van der Waals surface area contributed by atoms with Gasteiger partial charge in [0.05, 0.1) is 18.3 Å². The highest BCUT2D eigenvalue weighted by atomic mass is 16.6. The molecular formula is C12H22O3. The van der Waals surface area contributed by atoms with E-state index < -0.39 is 6.29 Å². The molecule has 3 heteroatoms. The first-order valence-electron chi connectivity index (χ1n) is 6.16. The summed E-state index contributed by atoms with van der Waals surface area (Å²) >= 11 is 0. The summed E-state index contributed by atoms with van der Waals surface area (Å²) in [6.45, 7) is 4.42. The molecule has 2 saturated heterocycles. The lowest BCUT2D eigenvalue weighted by Gasteiger charge is -2.34. The smallest absolute Gasteiger partial charge is 0.155 e. The Morgan fingerprint density at radius 3 is 2.47 bits per heavy atom. The minimum absolute atomic E-state index is 0.123. The molecule has 0 spiro atoms. The zero-order chi connectivity index (χ0) is 10.8. The molecule has 2 aliphatic heterocycles. The molecule has 0 bridgehead atoms. The lowest BCUT2D eigenvalue weighted by Crippen LogP contribution is -2.41. The minimum Gasteiger partial charge on any atom is -0.372 e. The van der Waals surface area contributed by atoms with Crippen LogP contribution in [0, 0.1) is 5.92 Å². The van der Waals surface area contributed by atoms with Gasteiger partial charge in [0, 0.05) is 6.42 Å². The second kappa shape index (κ2) is 4.81. The predicted molar refractivity (Wildman–Crippen MR) is 57.5 cm³/mol. The van der Waals surface area contributed by atoms with Gasteiger partial charge in [-0.25, -0.2) is 0 Å². The van der Waals surface area contributed by atoms with Crippen LogP contribution in [0.1, 0.15) is 46.0 Å². The van der Waals surface area contributed by atoms with Crippen LogP contribution in [-0.2, 0) is 9.47 Å². The summed E-state index contributed by atoms with van der Waals surface area (Å²) in [5.74, 6) is 0.579. The predicted octanol–water partition coefficient (Wildman–Crippen LogP) is 2.08. The van der Waals surface area contributed by atoms with E-state index in [2.05, 4.69) is 13.8 Å². The van der Waals surface area contributed by atoms with Gasteiger partial charge in [0.25, 0.3) is 0 Å². The quantitative estimate of drug-likeness (QED) is 0.726. The summed E-state index contributed by atoms with van der Waals surface area (Å²) in [6.07, 6.45) is 5.11. The van der Waals surface area contributed by atoms with Crippen molar-refractivity contribution in [2.45, 2.75) is 70.6 Å². The summed E-state index contributed by atoms with van der Waals surface area (Å²) in [4.78, 5) is 0. The molecule has 0 aromatic carbocycles. The zero-order valence-corrected chi connectivity index (χ0v) is 9.69. The SMILES string of the molecule is CC(C)[C@H]1CCC[C@H]2OC(O)CC[C@@H]2O1. The highest BCUT2D eigenvalue weighted by molar-refractivity contribution is 4.82. The first-order chi connectivity index (χ1) is 7.16. The minimum atomic E-state index is -0.564. The first-order valence-corrected chi connectivity index (χ1v) is 6.16. The topological polar surface area (TPSA) is 38.7 Å². The Bertz CT molecular complexity index is 205. The molecule has 0 amide bonds. The van der Waals surface area contributed by atoms with Gasteiger partial charge in [-0.05, 0) is 31.6 Å². The Kier molecular flexibility index (Phi) is 3.65. The van der Waals surface area contributed by atoms with Crippen LogP contribution in [0.4, 0.5) is 0 Å². The third kappa shape index (κ3) is 2.71. The number of rotatable bonds is 1. The second-order valence-corrected chi connectivity index (χ2v) is 5.09. The maximum atomic E-state index is 9.44. The third-order valence-electron chi connectivity index (χ3n) is 3.52. The van der Waals surface area contributed by atoms with Gasteiger partial charge in [0.1, 0.15) is 0 Å². The van der Waals surface area contributed by atoms with Crippen molar-refractivity contribution in [3.63, 3.8) is 0 Å². The molecule has 4 atom stereocenters. The van der Waals surface area contributed by atoms with Gasteiger partial charge >= 0.3 is 0 Å². The van der Waals surface area contributed by atoms with E-state index in [0.29, 0.717) is 18.4 Å². The van der Waals surface area contributed by atoms with Gasteiger partial charge in [-0.2, -0.15) is 0 Å². The summed E-state index contributed by atoms with van der Waals surface area (Å²) in [6, 6.07) is 0. The van der Waals surface area contributed by atoms with Crippen molar-refractivity contribution in [3.05, 3.63) is 0 Å². The average molecular weight is 214 g/mol. The van der Waals surface area contributed by atoms with Gasteiger partial charge in [-0.1, -0.05) is 13.8 Å². The second-order valence-electron chi connectivity index (χ2n) is 5.09. The Morgan fingerprint density at radius 1 is 1.00 bits per heavy atom. The lowest BCUT2D eigenvalue weighted by molar-refractivity contribution is -0.215. The molecule has 15 heavy (non-hydrogen) atoms. The van der Waals surface area contributed by atoms with Gasteiger partial charge in [-0.15, -0.1) is 0 Å². The van der Waals surface area contributed by atoms with Gasteiger partial charge < -0.3 is 14.6 Å². The lowest BCUT2D eigenvalue weighted by atomic mass is 10.00. The molecule has 2 heterocycles. The Hall–Kier alpha value is -0.120. The van der Waals surface area contributed by atoms with Crippen LogP contribution in [0.5, 0.6) is 0 Å². The molecule has 2 rings (SSSR count). The molecule has 3 nitrogen and oxygen atoms in total. The molecule has 1 N–H and O–H groups in total. The zero-order valence-electron chi connectivity index (χ0n) is 9.69. The Morgan fingerprint density at radius 2 is 1.73 bits per heavy atom. The van der Waals surface area contributed by atoms with Crippen molar-refractivity contribution in [1.29, 1.82) is 0 Å². The van der Waals surface area contributed by atoms with E-state index in [1.165, 1.54) is 0 Å². The van der Waals surface area contributed by atoms with Crippen LogP contribution < -0.4 is 0 Å². The van der Waals surface area contributed by atoms with Crippen LogP contribution in [0.25, 0.3) is 0 Å². The summed E-state index contributed by atoms with van der Waals surface area (Å²) in [5.41, 5.74) is 0. The van der Waals surface area contributed by atoms with Crippen molar-refractivity contribution < 1.29 is 14.6 Å². The fourth-order valence-electron chi connectivity index (χ4n) is 2.56. The third-order valence-corrected chi connectivity index (χ3v) is 3.52. The Labute approximate surface area is 91.8 Å². The van der Waals surface area contributed by atoms with Crippen LogP contribution in [0.3, 0.4) is 0 Å². The fraction of sp³-hybridized carbons (Fsp3) is 1.00. The van der Waals surface area contributed by atoms with E-state index in [4.69, 9.17) is 9.47 Å². The fourth-order valence-corrected chi connectivity index (χ4v) is 2.56. The molecule has 0 aromatic heterocycles. The monoisotopic (exact) mass is 214 g/mol. The number of aliphatic hydroxyl groups excluding tert-OH is 1. The summed E-state index contributed by atoms with van der Waals surface area (Å²) < 4.78 is 11.6. The van der Waals surface area contributed by atoms with Crippen molar-refractivity contribution in [1.82, 2.24) is 0 Å². The number of ether oxygens (including phenoxy) is 2. The molecule has 0 aromatic rings. The van der Waals surface area contributed by atoms with Crippen LogP contribution in [0.2, 0.25) is 0 Å². The average Bonchev–Trinajstić information content (AvgIpc) is 2.39. The molecular weight excluding hydrogens is 192 g/mol. The van der Waals surface area contributed by atoms with Gasteiger partial charge in [0.15, 0.2) is 6.29 Å². The van der Waals surface area contributed by atoms with Crippen molar-refractivity contribution in [3.8, 4) is 0 Å². The largest absolute Gasteiger partial charge is 0.372 e. The van der Waals surface area contributed by atoms with Crippen molar-refractivity contribution in [2.75, 3.05) is 0 Å². The van der Waals surface area contributed by atoms with Gasteiger partial charge in [0.2, 0.25) is 0 Å². The maximum absolute atomic E-state index is 9.44. The molecule has 2 fully saturated rings. The maximum Gasteiger partial charge on any atom is 0.155 e. The van der Waals surface area contributed by atoms with Crippen LogP contribution in [0.15, 0.2) is 0 Å². The molecule has 0 saturated carbocycles. The summed E-state index contributed by atoms with van der Waals surface area (Å²) in [7, 11) is 0. The Balaban J connectivity index is 1.97. The van der Waals surface area contributed by atoms with E-state index in [1.807, 2.05) is 0 Å². The molecule has 0 aliphatic carbocycles. The van der Waals surface area contributed by atoms with Crippen LogP contribution >= 0.6 is 0 Å². The van der Waals surface area contributed by atoms with Crippen LogP contribution in [-0.4, -0.2) is 29.7 Å². The molecule has 88 valence electrons. The van der Waals surface area contributed by atoms with Gasteiger partial charge in [-0.3, -0.25) is 0 Å². The highest BCUT2D eigenvalue weighted by Gasteiger charge is 2.35. The first kappa shape index (κ1) is 11.4. The van der Waals surface area contributed by atoms with E-state index in [9.17, 15) is 5.11 Å². The van der Waals surface area contributed by atoms with Crippen molar-refractivity contribution in [2.24, 2.45) is 5.92 Å². The van der Waals surface area contributed by atoms with E-state index in [-0.39, 0.29) is 12.2 Å². The summed E-state index contributed by atoms with van der Waals surface area (Å²) in [5, 5.41) is 9.44. The molecule has 2 aliphatic rings. The number of aliphatic hydroxyl groups is 1. The van der Waals surface area contributed by atoms with E-state index in [0.717, 1.165) is 25.7 Å².